The largest absolute Gasteiger partial charge is 0.348 e. The molecule has 0 saturated heterocycles. The average molecular weight is 364 g/mol. The number of aromatic nitrogens is 3. The number of fused-ring (bicyclic) bond motifs is 1. The van der Waals surface area contributed by atoms with Crippen LogP contribution in [0.4, 0.5) is 10.5 Å². The van der Waals surface area contributed by atoms with E-state index in [1.165, 1.54) is 4.68 Å². The van der Waals surface area contributed by atoms with Crippen LogP contribution in [0.3, 0.4) is 0 Å². The molecule has 1 heterocycles. The van der Waals surface area contributed by atoms with Gasteiger partial charge in [0.2, 0.25) is 0 Å². The Morgan fingerprint density at radius 2 is 1.84 bits per heavy atom. The first-order chi connectivity index (χ1) is 9.24. The minimum Gasteiger partial charge on any atom is -0.306 e. The Morgan fingerprint density at radius 3 is 2.63 bits per heavy atom. The second-order valence-electron chi connectivity index (χ2n) is 3.93. The van der Waals surface area contributed by atoms with Crippen LogP contribution in [-0.2, 0) is 0 Å². The molecule has 1 amide bonds. The summed E-state index contributed by atoms with van der Waals surface area (Å²) in [4.78, 5) is 12.1. The van der Waals surface area contributed by atoms with E-state index in [1.807, 2.05) is 48.5 Å². The van der Waals surface area contributed by atoms with Gasteiger partial charge in [-0.25, -0.2) is 4.79 Å². The summed E-state index contributed by atoms with van der Waals surface area (Å²) in [6.07, 6.45) is 0. The molecule has 0 radical (unpaired) electrons. The zero-order valence-corrected chi connectivity index (χ0v) is 11.9. The number of anilines is 1. The van der Waals surface area contributed by atoms with Crippen LogP contribution in [-0.4, -0.2) is 21.0 Å². The van der Waals surface area contributed by atoms with Gasteiger partial charge in [-0.1, -0.05) is 17.3 Å². The third-order valence-electron chi connectivity index (χ3n) is 2.64. The summed E-state index contributed by atoms with van der Waals surface area (Å²) >= 11 is 2.21. The van der Waals surface area contributed by atoms with Gasteiger partial charge in [0.25, 0.3) is 0 Å². The molecule has 0 unspecified atom stereocenters. The van der Waals surface area contributed by atoms with E-state index in [2.05, 4.69) is 38.2 Å². The Kier molecular flexibility index (Phi) is 3.16. The van der Waals surface area contributed by atoms with Crippen molar-refractivity contribution in [2.24, 2.45) is 0 Å². The van der Waals surface area contributed by atoms with E-state index in [0.717, 1.165) is 9.26 Å². The maximum Gasteiger partial charge on any atom is 0.348 e. The van der Waals surface area contributed by atoms with Gasteiger partial charge in [0.05, 0.1) is 5.52 Å². The minimum atomic E-state index is -0.324. The number of carbonyl (C=O) groups excluding carboxylic acids is 1. The van der Waals surface area contributed by atoms with Gasteiger partial charge in [-0.15, -0.1) is 5.10 Å². The van der Waals surface area contributed by atoms with Crippen molar-refractivity contribution in [3.8, 4) is 0 Å². The summed E-state index contributed by atoms with van der Waals surface area (Å²) < 4.78 is 2.37. The van der Waals surface area contributed by atoms with Gasteiger partial charge in [0, 0.05) is 9.26 Å². The first-order valence-corrected chi connectivity index (χ1v) is 6.69. The smallest absolute Gasteiger partial charge is 0.306 e. The van der Waals surface area contributed by atoms with Crippen molar-refractivity contribution in [1.82, 2.24) is 15.0 Å². The third kappa shape index (κ3) is 2.43. The Balaban J connectivity index is 1.90. The van der Waals surface area contributed by atoms with Crippen LogP contribution in [0, 0.1) is 3.57 Å². The number of nitrogens with one attached hydrogen (secondary N) is 1. The third-order valence-corrected chi connectivity index (χ3v) is 3.36. The molecule has 3 rings (SSSR count). The molecular weight excluding hydrogens is 355 g/mol. The molecule has 0 atom stereocenters. The maximum absolute atomic E-state index is 12.1. The zero-order chi connectivity index (χ0) is 13.2. The number of para-hydroxylation sites is 1. The van der Waals surface area contributed by atoms with Gasteiger partial charge in [0.1, 0.15) is 5.52 Å². The van der Waals surface area contributed by atoms with Crippen molar-refractivity contribution >= 4 is 45.3 Å². The lowest BCUT2D eigenvalue weighted by Crippen LogP contribution is -2.20. The topological polar surface area (TPSA) is 59.8 Å². The number of halogens is 1. The van der Waals surface area contributed by atoms with Crippen LogP contribution >= 0.6 is 22.6 Å². The van der Waals surface area contributed by atoms with Gasteiger partial charge in [-0.05, 0) is 59.0 Å². The van der Waals surface area contributed by atoms with E-state index in [4.69, 9.17) is 0 Å². The van der Waals surface area contributed by atoms with Gasteiger partial charge < -0.3 is 5.32 Å². The highest BCUT2D eigenvalue weighted by molar-refractivity contribution is 14.1. The lowest BCUT2D eigenvalue weighted by Gasteiger charge is -2.04. The highest BCUT2D eigenvalue weighted by atomic mass is 127. The molecule has 0 bridgehead atoms. The van der Waals surface area contributed by atoms with Crippen molar-refractivity contribution in [3.63, 3.8) is 0 Å². The number of benzene rings is 2. The quantitative estimate of drug-likeness (QED) is 0.675. The molecule has 0 fully saturated rings. The molecule has 0 aliphatic carbocycles. The second-order valence-corrected chi connectivity index (χ2v) is 5.17. The maximum atomic E-state index is 12.1. The molecule has 19 heavy (non-hydrogen) atoms. The fourth-order valence-corrected chi connectivity index (χ4v) is 2.09. The van der Waals surface area contributed by atoms with Gasteiger partial charge >= 0.3 is 6.03 Å². The van der Waals surface area contributed by atoms with E-state index >= 15 is 0 Å². The predicted octanol–water partition coefficient (Wildman–Crippen LogP) is 3.12. The molecule has 0 spiro atoms. The van der Waals surface area contributed by atoms with Crippen LogP contribution in [0.25, 0.3) is 11.0 Å². The van der Waals surface area contributed by atoms with Crippen molar-refractivity contribution in [2.45, 2.75) is 0 Å². The van der Waals surface area contributed by atoms with Crippen LogP contribution in [0.1, 0.15) is 0 Å². The SMILES string of the molecule is O=C(Nc1ccc(I)cc1)n1nnc2ccccc21. The molecule has 5 nitrogen and oxygen atoms in total. The van der Waals surface area contributed by atoms with E-state index in [1.54, 1.807) is 0 Å². The van der Waals surface area contributed by atoms with E-state index in [9.17, 15) is 4.79 Å². The number of amides is 1. The van der Waals surface area contributed by atoms with Crippen molar-refractivity contribution in [3.05, 3.63) is 52.1 Å². The van der Waals surface area contributed by atoms with Crippen LogP contribution in [0.15, 0.2) is 48.5 Å². The summed E-state index contributed by atoms with van der Waals surface area (Å²) in [6.45, 7) is 0. The van der Waals surface area contributed by atoms with E-state index in [0.29, 0.717) is 11.0 Å². The average Bonchev–Trinajstić information content (AvgIpc) is 2.85. The number of hydrogen-bond acceptors (Lipinski definition) is 3. The van der Waals surface area contributed by atoms with Crippen molar-refractivity contribution < 1.29 is 4.79 Å². The molecule has 0 saturated carbocycles. The fourth-order valence-electron chi connectivity index (χ4n) is 1.73. The minimum absolute atomic E-state index is 0.324. The Morgan fingerprint density at radius 1 is 1.11 bits per heavy atom. The lowest BCUT2D eigenvalue weighted by atomic mass is 10.3. The number of rotatable bonds is 1. The summed E-state index contributed by atoms with van der Waals surface area (Å²) in [7, 11) is 0. The molecule has 0 aliphatic heterocycles. The van der Waals surface area contributed by atoms with Gasteiger partial charge in [-0.3, -0.25) is 0 Å². The highest BCUT2D eigenvalue weighted by Crippen LogP contribution is 2.13. The Labute approximate surface area is 122 Å². The molecule has 1 aromatic heterocycles. The Bertz CT molecular complexity index is 736. The van der Waals surface area contributed by atoms with E-state index in [-0.39, 0.29) is 6.03 Å². The van der Waals surface area contributed by atoms with Crippen LogP contribution in [0.2, 0.25) is 0 Å². The van der Waals surface area contributed by atoms with Crippen LogP contribution < -0.4 is 5.32 Å². The molecule has 6 heteroatoms. The number of nitrogens with zero attached hydrogens (tertiary/aromatic N) is 3. The van der Waals surface area contributed by atoms with Crippen molar-refractivity contribution in [1.29, 1.82) is 0 Å². The zero-order valence-electron chi connectivity index (χ0n) is 9.75. The first-order valence-electron chi connectivity index (χ1n) is 5.61. The summed E-state index contributed by atoms with van der Waals surface area (Å²) in [5.41, 5.74) is 2.11. The normalized spacial score (nSPS) is 10.6. The molecule has 2 aromatic carbocycles. The second kappa shape index (κ2) is 4.96. The number of hydrogen-bond donors (Lipinski definition) is 1. The summed E-state index contributed by atoms with van der Waals surface area (Å²) in [5, 5.41) is 10.6. The van der Waals surface area contributed by atoms with E-state index < -0.39 is 0 Å². The molecule has 1 N–H and O–H groups in total. The lowest BCUT2D eigenvalue weighted by molar-refractivity contribution is 0.251. The van der Waals surface area contributed by atoms with Gasteiger partial charge in [0.15, 0.2) is 0 Å². The number of carbonyl (C=O) groups is 1. The summed E-state index contributed by atoms with van der Waals surface area (Å²) in [5.74, 6) is 0. The molecule has 94 valence electrons. The molecule has 3 aromatic rings. The monoisotopic (exact) mass is 364 g/mol. The predicted molar refractivity (Wildman–Crippen MR) is 81.1 cm³/mol. The fraction of sp³-hybridized carbons (Fsp3) is 0. The van der Waals surface area contributed by atoms with Crippen LogP contribution in [0.5, 0.6) is 0 Å². The summed E-state index contributed by atoms with van der Waals surface area (Å²) in [6, 6.07) is 14.6. The van der Waals surface area contributed by atoms with Crippen molar-refractivity contribution in [2.75, 3.05) is 5.32 Å². The standard InChI is InChI=1S/C13H9IN4O/c14-9-5-7-10(8-6-9)15-13(19)18-12-4-2-1-3-11(12)16-17-18/h1-8H,(H,15,19). The molecular formula is C13H9IN4O. The Hall–Kier alpha value is -1.96. The molecule has 0 aliphatic rings. The highest BCUT2D eigenvalue weighted by Gasteiger charge is 2.11. The van der Waals surface area contributed by atoms with Gasteiger partial charge in [-0.2, -0.15) is 4.68 Å². The first kappa shape index (κ1) is 12.1.